The molecule has 2 aliphatic rings. The van der Waals surface area contributed by atoms with Gasteiger partial charge in [0.25, 0.3) is 0 Å². The molecule has 2 aliphatic heterocycles. The number of hydrogen-bond acceptors (Lipinski definition) is 24. The maximum atomic E-state index is 12.9. The van der Waals surface area contributed by atoms with Gasteiger partial charge in [-0.05, 0) is 104 Å². The summed E-state index contributed by atoms with van der Waals surface area (Å²) < 4.78 is 35.2. The maximum absolute atomic E-state index is 12.9. The molecule has 0 spiro atoms. The minimum atomic E-state index is -0.785. The van der Waals surface area contributed by atoms with Gasteiger partial charge in [0.05, 0.1) is 74.9 Å². The number of benzene rings is 2. The molecule has 112 heavy (non-hydrogen) atoms. The van der Waals surface area contributed by atoms with Crippen molar-refractivity contribution in [3.8, 4) is 11.5 Å². The van der Waals surface area contributed by atoms with Gasteiger partial charge in [0.15, 0.2) is 11.6 Å². The SMILES string of the molecule is CC(=O)CC(Cc1cn(C)nn1)N1C(=O)CC(C(C)(C)C)C1=O.CC(C)(C)C.CC(C)(C)C.CCC(=O)NC(CC(C)=O)Cc1cn(C)nn1.CCC(=O)NC(Cc1ccc(OCCOCCOC)c(C)c1)C(C)=O.COCCOCCOc1ccc(CC(C(C)=O)N2C(=O)CC(C(C)(C)C)C2=O)cc1C.O=C=O.O=C=O. The highest BCUT2D eigenvalue weighted by Gasteiger charge is 2.49. The minimum absolute atomic E-state index is 0.0482. The summed E-state index contributed by atoms with van der Waals surface area (Å²) in [6, 6.07) is 9.48. The maximum Gasteiger partial charge on any atom is 0.373 e. The lowest BCUT2D eigenvalue weighted by Crippen LogP contribution is -2.46. The molecule has 0 bridgehead atoms. The molecule has 2 fully saturated rings. The number of nitrogens with one attached hydrogen (secondary N) is 2. The smallest absolute Gasteiger partial charge is 0.373 e. The molecule has 0 saturated carbocycles. The van der Waals surface area contributed by atoms with E-state index >= 15 is 0 Å². The number of hydrogen-bond donors (Lipinski definition) is 2. The number of amides is 6. The highest BCUT2D eigenvalue weighted by atomic mass is 16.5. The lowest BCUT2D eigenvalue weighted by molar-refractivity contribution is -0.193. The third-order valence-electron chi connectivity index (χ3n) is 15.9. The molecule has 6 rings (SSSR count). The van der Waals surface area contributed by atoms with Crippen LogP contribution in [0.3, 0.4) is 0 Å². The van der Waals surface area contributed by atoms with Crippen molar-refractivity contribution in [3.63, 3.8) is 0 Å². The van der Waals surface area contributed by atoms with Crippen molar-refractivity contribution in [2.24, 2.45) is 47.6 Å². The molecular weight excluding hydrogens is 1440 g/mol. The first-order chi connectivity index (χ1) is 52.0. The number of carbonyl (C=O) groups excluding carboxylic acids is 14. The second kappa shape index (κ2) is 53.7. The quantitative estimate of drug-likeness (QED) is 0.0325. The molecule has 2 aromatic carbocycles. The standard InChI is InChI=1S/C24H35NO6.C19H29NO5.C16H24N4O3.C11H18N4O2.2C5H12.2CO2/c1-16-13-18(7-8-21(16)31-12-11-30-10-9-29-6)14-20(17(2)26)25-22(27)15-19(23(25)28)24(3,4)5;1-5-19(22)20-17(15(3)21)13-16-6-7-18(14(2)12-16)25-11-10-24-9-8-23-4;1-10(21)6-12(7-11-9-19(5)18-17-11)20-14(22)8-13(15(20)23)16(2,3)4;1-4-11(17)12-9(5-8(2)16)6-10-7-15(3)14-13-10;2*1-5(2,3)4;2*2-1-3/h7-8,13,19-20H,9-12,14-15H2,1-6H3;6-7,12,17H,5,8-11,13H2,1-4H3,(H,20,22);9,12-13H,6-8H2,1-5H3;7,9H,4-6H2,1-3H3,(H,12,17);2*1-4H3;;. The zero-order valence-corrected chi connectivity index (χ0v) is 71.6. The first kappa shape index (κ1) is 105. The van der Waals surface area contributed by atoms with E-state index in [2.05, 4.69) is 86.6 Å². The Labute approximate surface area is 663 Å². The van der Waals surface area contributed by atoms with E-state index in [1.807, 2.05) is 91.8 Å². The van der Waals surface area contributed by atoms with Crippen molar-refractivity contribution < 1.29 is 95.5 Å². The number of aromatic nitrogens is 6. The number of imide groups is 2. The Hall–Kier alpha value is -9.18. The summed E-state index contributed by atoms with van der Waals surface area (Å²) in [5, 5.41) is 21.2. The van der Waals surface area contributed by atoms with Crippen LogP contribution in [0.25, 0.3) is 0 Å². The van der Waals surface area contributed by atoms with E-state index in [1.54, 1.807) is 63.9 Å². The zero-order chi connectivity index (χ0) is 86.5. The van der Waals surface area contributed by atoms with E-state index in [4.69, 9.17) is 47.6 Å². The highest BCUT2D eigenvalue weighted by Crippen LogP contribution is 2.39. The van der Waals surface area contributed by atoms with Crippen LogP contribution in [0.15, 0.2) is 48.8 Å². The second-order valence-electron chi connectivity index (χ2n) is 32.6. The van der Waals surface area contributed by atoms with Gasteiger partial charge < -0.3 is 39.1 Å². The van der Waals surface area contributed by atoms with Gasteiger partial charge >= 0.3 is 12.3 Å². The Bertz CT molecular complexity index is 3600. The van der Waals surface area contributed by atoms with Gasteiger partial charge in [0, 0.05) is 105 Å². The topological polar surface area (TPSA) is 386 Å². The fourth-order valence-electron chi connectivity index (χ4n) is 10.7. The van der Waals surface area contributed by atoms with Crippen LogP contribution in [0.1, 0.15) is 211 Å². The highest BCUT2D eigenvalue weighted by molar-refractivity contribution is 6.07. The van der Waals surface area contributed by atoms with Crippen LogP contribution in [0, 0.1) is 47.3 Å². The van der Waals surface area contributed by atoms with Gasteiger partial charge in [-0.3, -0.25) is 67.1 Å². The van der Waals surface area contributed by atoms with Crippen molar-refractivity contribution in [1.82, 2.24) is 50.4 Å². The summed E-state index contributed by atoms with van der Waals surface area (Å²) in [6.45, 7) is 46.6. The number of rotatable bonds is 34. The molecule has 628 valence electrons. The van der Waals surface area contributed by atoms with E-state index in [9.17, 15) is 47.9 Å². The predicted octanol–water partition coefficient (Wildman–Crippen LogP) is 9.32. The van der Waals surface area contributed by atoms with E-state index in [-0.39, 0.29) is 113 Å². The van der Waals surface area contributed by atoms with Gasteiger partial charge in [-0.15, -0.1) is 10.2 Å². The average molecular weight is 1580 g/mol. The first-order valence-corrected chi connectivity index (χ1v) is 37.5. The molecule has 2 N–H and O–H groups in total. The number of methoxy groups -OCH3 is 2. The third kappa shape index (κ3) is 46.6. The van der Waals surface area contributed by atoms with Crippen molar-refractivity contribution in [1.29, 1.82) is 0 Å². The van der Waals surface area contributed by atoms with Crippen LogP contribution < -0.4 is 20.1 Å². The Balaban J connectivity index is 0. The molecular formula is C82H130N10O20. The van der Waals surface area contributed by atoms with Crippen LogP contribution in [0.2, 0.25) is 0 Å². The number of ether oxygens (including phenoxy) is 6. The number of nitrogens with zero attached hydrogens (tertiary/aromatic N) is 8. The summed E-state index contributed by atoms with van der Waals surface area (Å²) in [5.41, 5.74) is 5.59. The van der Waals surface area contributed by atoms with Gasteiger partial charge in [-0.1, -0.05) is 145 Å². The summed E-state index contributed by atoms with van der Waals surface area (Å²) in [5.74, 6) is -0.539. The minimum Gasteiger partial charge on any atom is -0.491 e. The van der Waals surface area contributed by atoms with Crippen molar-refractivity contribution in [3.05, 3.63) is 82.4 Å². The summed E-state index contributed by atoms with van der Waals surface area (Å²) in [4.78, 5) is 155. The molecule has 6 unspecified atom stereocenters. The Morgan fingerprint density at radius 3 is 1.21 bits per heavy atom. The van der Waals surface area contributed by atoms with Gasteiger partial charge in [0.2, 0.25) is 35.4 Å². The molecule has 0 aliphatic carbocycles. The van der Waals surface area contributed by atoms with E-state index in [0.29, 0.717) is 114 Å². The summed E-state index contributed by atoms with van der Waals surface area (Å²) in [7, 11) is 6.79. The molecule has 2 aromatic heterocycles. The normalized spacial score (nSPS) is 14.8. The monoisotopic (exact) mass is 1570 g/mol. The van der Waals surface area contributed by atoms with Crippen LogP contribution in [-0.4, -0.2) is 202 Å². The largest absolute Gasteiger partial charge is 0.491 e. The average Bonchev–Trinajstić information content (AvgIpc) is 1.62. The van der Waals surface area contributed by atoms with E-state index in [1.165, 1.54) is 37.5 Å². The molecule has 0 radical (unpaired) electrons. The number of aryl methyl sites for hydroxylation is 4. The van der Waals surface area contributed by atoms with E-state index in [0.717, 1.165) is 39.4 Å². The predicted molar refractivity (Wildman–Crippen MR) is 419 cm³/mol. The van der Waals surface area contributed by atoms with Crippen molar-refractivity contribution in [2.75, 3.05) is 67.1 Å². The van der Waals surface area contributed by atoms with Crippen LogP contribution in [0.4, 0.5) is 0 Å². The molecule has 30 nitrogen and oxygen atoms in total. The van der Waals surface area contributed by atoms with Crippen LogP contribution >= 0.6 is 0 Å². The molecule has 30 heteroatoms. The lowest BCUT2D eigenvalue weighted by Gasteiger charge is -2.28. The number of ketones is 4. The fourth-order valence-corrected chi connectivity index (χ4v) is 10.7. The molecule has 2 saturated heterocycles. The van der Waals surface area contributed by atoms with Gasteiger partial charge in [-0.25, -0.2) is 0 Å². The Kier molecular flexibility index (Phi) is 50.3. The van der Waals surface area contributed by atoms with Gasteiger partial charge in [-0.2, -0.15) is 19.2 Å². The fraction of sp³-hybridized carbons (Fsp3) is 0.659. The van der Waals surface area contributed by atoms with Crippen LogP contribution in [0.5, 0.6) is 11.5 Å². The molecule has 4 aromatic rings. The third-order valence-corrected chi connectivity index (χ3v) is 15.9. The summed E-state index contributed by atoms with van der Waals surface area (Å²) in [6.07, 6.45) is 7.27. The molecule has 6 amide bonds. The first-order valence-electron chi connectivity index (χ1n) is 37.5. The number of carbonyl (C=O) groups is 10. The lowest BCUT2D eigenvalue weighted by atomic mass is 9.80. The zero-order valence-electron chi connectivity index (χ0n) is 71.6. The van der Waals surface area contributed by atoms with Crippen molar-refractivity contribution >= 4 is 70.9 Å². The second-order valence-corrected chi connectivity index (χ2v) is 32.6. The molecule has 6 atom stereocenters. The van der Waals surface area contributed by atoms with Gasteiger partial charge in [0.1, 0.15) is 42.3 Å². The Morgan fingerprint density at radius 2 is 0.875 bits per heavy atom. The molecule has 4 heterocycles. The van der Waals surface area contributed by atoms with E-state index < -0.39 is 24.0 Å². The summed E-state index contributed by atoms with van der Waals surface area (Å²) >= 11 is 0. The Morgan fingerprint density at radius 1 is 0.509 bits per heavy atom. The number of likely N-dealkylation sites (tertiary alicyclic amines) is 2. The van der Waals surface area contributed by atoms with Crippen LogP contribution in [-0.2, 0) is 126 Å². The number of Topliss-reactive ketones (excluding diaryl/α,β-unsaturated/α-hetero) is 4. The van der Waals surface area contributed by atoms with Crippen molar-refractivity contribution in [2.45, 2.75) is 241 Å².